The number of hydrogen-bond donors (Lipinski definition) is 2. The second kappa shape index (κ2) is 4.84. The van der Waals surface area contributed by atoms with E-state index in [2.05, 4.69) is 15.3 Å². The first-order valence-corrected chi connectivity index (χ1v) is 5.20. The van der Waals surface area contributed by atoms with Crippen molar-refractivity contribution in [1.82, 2.24) is 9.97 Å². The molecule has 0 aliphatic rings. The number of carbonyl (C=O) groups is 1. The maximum Gasteiger partial charge on any atom is 0.287 e. The van der Waals surface area contributed by atoms with E-state index in [1.165, 1.54) is 12.3 Å². The third kappa shape index (κ3) is 2.64. The van der Waals surface area contributed by atoms with Crippen molar-refractivity contribution in [3.05, 3.63) is 51.4 Å². The molecule has 0 aliphatic carbocycles. The van der Waals surface area contributed by atoms with Crippen LogP contribution in [0.1, 0.15) is 10.5 Å². The van der Waals surface area contributed by atoms with Crippen LogP contribution in [0.4, 0.5) is 11.5 Å². The Morgan fingerprint density at radius 1 is 1.50 bits per heavy atom. The monoisotopic (exact) mass is 266 g/mol. The van der Waals surface area contributed by atoms with Gasteiger partial charge in [0.05, 0.1) is 11.1 Å². The summed E-state index contributed by atoms with van der Waals surface area (Å²) in [7, 11) is 0. The summed E-state index contributed by atoms with van der Waals surface area (Å²) in [5.74, 6) is -0.261. The number of anilines is 1. The van der Waals surface area contributed by atoms with E-state index in [1.807, 2.05) is 0 Å². The van der Waals surface area contributed by atoms with E-state index in [-0.39, 0.29) is 17.2 Å². The molecular weight excluding hydrogens is 260 g/mol. The van der Waals surface area contributed by atoms with Crippen LogP contribution >= 0.6 is 11.6 Å². The third-order valence-corrected chi connectivity index (χ3v) is 2.32. The van der Waals surface area contributed by atoms with Crippen molar-refractivity contribution >= 4 is 29.0 Å². The molecule has 2 aromatic rings. The van der Waals surface area contributed by atoms with Gasteiger partial charge in [-0.15, -0.1) is 0 Å². The van der Waals surface area contributed by atoms with Crippen molar-refractivity contribution in [2.75, 3.05) is 5.32 Å². The van der Waals surface area contributed by atoms with Crippen molar-refractivity contribution in [1.29, 1.82) is 0 Å². The molecule has 92 valence electrons. The lowest BCUT2D eigenvalue weighted by Gasteiger charge is -2.02. The lowest BCUT2D eigenvalue weighted by atomic mass is 10.3. The predicted octanol–water partition coefficient (Wildman–Crippen LogP) is 2.22. The first kappa shape index (κ1) is 12.1. The highest BCUT2D eigenvalue weighted by Crippen LogP contribution is 2.15. The van der Waals surface area contributed by atoms with Gasteiger partial charge in [-0.1, -0.05) is 11.6 Å². The number of H-pyrrole nitrogens is 1. The fraction of sp³-hybridized carbons (Fsp3) is 0. The molecular formula is C10H7ClN4O3. The molecule has 7 nitrogen and oxygen atoms in total. The highest BCUT2D eigenvalue weighted by Gasteiger charge is 2.14. The highest BCUT2D eigenvalue weighted by atomic mass is 35.5. The van der Waals surface area contributed by atoms with Crippen molar-refractivity contribution in [3.63, 3.8) is 0 Å². The molecule has 8 heteroatoms. The smallest absolute Gasteiger partial charge is 0.287 e. The minimum Gasteiger partial charge on any atom is -0.351 e. The van der Waals surface area contributed by atoms with Crippen LogP contribution in [0.25, 0.3) is 0 Å². The normalized spacial score (nSPS) is 10.1. The summed E-state index contributed by atoms with van der Waals surface area (Å²) in [5, 5.41) is 13.4. The summed E-state index contributed by atoms with van der Waals surface area (Å²) >= 11 is 5.73. The average molecular weight is 267 g/mol. The van der Waals surface area contributed by atoms with Crippen LogP contribution in [0.5, 0.6) is 0 Å². The standard InChI is InChI=1S/C10H7ClN4O3/c11-6-1-2-12-9(3-6)14-10(16)8-4-7(5-13-8)15(17)18/h1-5,13H,(H,12,14,16). The predicted molar refractivity (Wildman–Crippen MR) is 64.6 cm³/mol. The van der Waals surface area contributed by atoms with Crippen molar-refractivity contribution in [3.8, 4) is 0 Å². The summed E-state index contributed by atoms with van der Waals surface area (Å²) in [6.07, 6.45) is 2.58. The van der Waals surface area contributed by atoms with E-state index >= 15 is 0 Å². The maximum absolute atomic E-state index is 11.7. The Morgan fingerprint density at radius 3 is 2.89 bits per heavy atom. The molecule has 0 aromatic carbocycles. The minimum atomic E-state index is -0.592. The SMILES string of the molecule is O=C(Nc1cc(Cl)ccn1)c1cc([N+](=O)[O-])c[nH]1. The van der Waals surface area contributed by atoms with Gasteiger partial charge in [-0.2, -0.15) is 0 Å². The van der Waals surface area contributed by atoms with Crippen LogP contribution < -0.4 is 5.32 Å². The Bertz CT molecular complexity index is 611. The van der Waals surface area contributed by atoms with Gasteiger partial charge in [-0.3, -0.25) is 14.9 Å². The minimum absolute atomic E-state index is 0.0727. The Balaban J connectivity index is 2.14. The highest BCUT2D eigenvalue weighted by molar-refractivity contribution is 6.30. The molecule has 0 spiro atoms. The van der Waals surface area contributed by atoms with Crippen LogP contribution in [-0.2, 0) is 0 Å². The van der Waals surface area contributed by atoms with Gasteiger partial charge in [0, 0.05) is 17.3 Å². The van der Waals surface area contributed by atoms with Crippen LogP contribution in [0.2, 0.25) is 5.02 Å². The van der Waals surface area contributed by atoms with E-state index in [9.17, 15) is 14.9 Å². The molecule has 0 atom stereocenters. The number of carbonyl (C=O) groups excluding carboxylic acids is 1. The van der Waals surface area contributed by atoms with Gasteiger partial charge in [-0.05, 0) is 12.1 Å². The van der Waals surface area contributed by atoms with Crippen molar-refractivity contribution < 1.29 is 9.72 Å². The summed E-state index contributed by atoms with van der Waals surface area (Å²) in [6.45, 7) is 0. The van der Waals surface area contributed by atoms with Crippen molar-refractivity contribution in [2.24, 2.45) is 0 Å². The summed E-state index contributed by atoms with van der Waals surface area (Å²) in [4.78, 5) is 28.0. The van der Waals surface area contributed by atoms with Crippen LogP contribution in [0, 0.1) is 10.1 Å². The number of halogens is 1. The Hall–Kier alpha value is -2.41. The largest absolute Gasteiger partial charge is 0.351 e. The molecule has 0 radical (unpaired) electrons. The lowest BCUT2D eigenvalue weighted by Crippen LogP contribution is -2.13. The van der Waals surface area contributed by atoms with Gasteiger partial charge < -0.3 is 10.3 Å². The summed E-state index contributed by atoms with van der Waals surface area (Å²) in [5.41, 5.74) is -0.109. The van der Waals surface area contributed by atoms with Crippen LogP contribution in [0.15, 0.2) is 30.6 Å². The van der Waals surface area contributed by atoms with Gasteiger partial charge in [0.1, 0.15) is 11.5 Å². The van der Waals surface area contributed by atoms with E-state index in [0.29, 0.717) is 5.02 Å². The average Bonchev–Trinajstić information content (AvgIpc) is 2.78. The first-order valence-electron chi connectivity index (χ1n) is 4.82. The molecule has 18 heavy (non-hydrogen) atoms. The number of nitrogens with zero attached hydrogens (tertiary/aromatic N) is 2. The number of pyridine rings is 1. The zero-order valence-electron chi connectivity index (χ0n) is 8.88. The molecule has 0 fully saturated rings. The van der Waals surface area contributed by atoms with Gasteiger partial charge in [0.25, 0.3) is 11.6 Å². The molecule has 0 bridgehead atoms. The second-order valence-electron chi connectivity index (χ2n) is 3.34. The van der Waals surface area contributed by atoms with E-state index < -0.39 is 10.8 Å². The fourth-order valence-electron chi connectivity index (χ4n) is 1.28. The van der Waals surface area contributed by atoms with E-state index in [1.54, 1.807) is 6.07 Å². The second-order valence-corrected chi connectivity index (χ2v) is 3.78. The van der Waals surface area contributed by atoms with Gasteiger partial charge >= 0.3 is 0 Å². The summed E-state index contributed by atoms with van der Waals surface area (Å²) < 4.78 is 0. The first-order chi connectivity index (χ1) is 8.56. The fourth-order valence-corrected chi connectivity index (χ4v) is 1.44. The van der Waals surface area contributed by atoms with Gasteiger partial charge in [0.2, 0.25) is 0 Å². The third-order valence-electron chi connectivity index (χ3n) is 2.09. The summed E-state index contributed by atoms with van der Waals surface area (Å²) in [6, 6.07) is 4.17. The molecule has 2 N–H and O–H groups in total. The molecule has 0 unspecified atom stereocenters. The quantitative estimate of drug-likeness (QED) is 0.657. The lowest BCUT2D eigenvalue weighted by molar-refractivity contribution is -0.384. The molecule has 2 heterocycles. The Labute approximate surface area is 106 Å². The Morgan fingerprint density at radius 2 is 2.28 bits per heavy atom. The van der Waals surface area contributed by atoms with Crippen LogP contribution in [-0.4, -0.2) is 20.8 Å². The van der Waals surface area contributed by atoms with Gasteiger partial charge in [0.15, 0.2) is 0 Å². The number of aromatic amines is 1. The molecule has 1 amide bonds. The van der Waals surface area contributed by atoms with E-state index in [4.69, 9.17) is 11.6 Å². The van der Waals surface area contributed by atoms with Crippen LogP contribution in [0.3, 0.4) is 0 Å². The number of amides is 1. The topological polar surface area (TPSA) is 101 Å². The Kier molecular flexibility index (Phi) is 3.24. The number of hydrogen-bond acceptors (Lipinski definition) is 4. The molecule has 0 saturated heterocycles. The zero-order chi connectivity index (χ0) is 13.1. The maximum atomic E-state index is 11.7. The number of aromatic nitrogens is 2. The van der Waals surface area contributed by atoms with Crippen molar-refractivity contribution in [2.45, 2.75) is 0 Å². The van der Waals surface area contributed by atoms with E-state index in [0.717, 1.165) is 12.3 Å². The van der Waals surface area contributed by atoms with Gasteiger partial charge in [-0.25, -0.2) is 4.98 Å². The zero-order valence-corrected chi connectivity index (χ0v) is 9.64. The molecule has 2 aromatic heterocycles. The number of nitrogens with one attached hydrogen (secondary N) is 2. The number of rotatable bonds is 3. The molecule has 0 aliphatic heterocycles. The number of nitro groups is 1. The molecule has 0 saturated carbocycles. The molecule has 2 rings (SSSR count).